The monoisotopic (exact) mass is 235 g/mol. The van der Waals surface area contributed by atoms with Crippen LogP contribution in [-0.4, -0.2) is 41.0 Å². The molecule has 5 nitrogen and oxygen atoms in total. The molecule has 0 aromatic carbocycles. The minimum atomic E-state index is 0.459. The molecule has 1 atom stereocenters. The molecule has 1 saturated heterocycles. The Labute approximate surface area is 102 Å². The largest absolute Gasteiger partial charge is 0.383 e. The van der Waals surface area contributed by atoms with E-state index in [2.05, 4.69) is 27.2 Å². The number of aromatic nitrogens is 2. The van der Waals surface area contributed by atoms with Crippen LogP contribution in [0.4, 0.5) is 11.6 Å². The smallest absolute Gasteiger partial charge is 0.135 e. The number of piperidine rings is 1. The average Bonchev–Trinajstić information content (AvgIpc) is 2.25. The van der Waals surface area contributed by atoms with Gasteiger partial charge in [-0.05, 0) is 40.3 Å². The third-order valence-corrected chi connectivity index (χ3v) is 3.26. The van der Waals surface area contributed by atoms with Crippen LogP contribution in [0.5, 0.6) is 0 Å². The molecule has 1 aliphatic rings. The van der Waals surface area contributed by atoms with Gasteiger partial charge in [0.15, 0.2) is 0 Å². The van der Waals surface area contributed by atoms with Crippen molar-refractivity contribution in [1.29, 1.82) is 0 Å². The highest BCUT2D eigenvalue weighted by Gasteiger charge is 2.18. The average molecular weight is 235 g/mol. The number of aryl methyl sites for hydroxylation is 1. The van der Waals surface area contributed by atoms with Crippen molar-refractivity contribution in [3.05, 3.63) is 11.4 Å². The van der Waals surface area contributed by atoms with Crippen LogP contribution in [-0.2, 0) is 0 Å². The third-order valence-electron chi connectivity index (χ3n) is 3.26. The number of anilines is 2. The van der Waals surface area contributed by atoms with E-state index in [0.717, 1.165) is 23.8 Å². The summed E-state index contributed by atoms with van der Waals surface area (Å²) in [5.41, 5.74) is 6.80. The van der Waals surface area contributed by atoms with Gasteiger partial charge in [-0.3, -0.25) is 0 Å². The van der Waals surface area contributed by atoms with Crippen LogP contribution in [0.2, 0.25) is 0 Å². The van der Waals surface area contributed by atoms with Crippen molar-refractivity contribution in [2.24, 2.45) is 0 Å². The Hall–Kier alpha value is -1.36. The van der Waals surface area contributed by atoms with Crippen LogP contribution in [0.3, 0.4) is 0 Å². The maximum Gasteiger partial charge on any atom is 0.135 e. The molecule has 1 aromatic heterocycles. The summed E-state index contributed by atoms with van der Waals surface area (Å²) in [5.74, 6) is 2.18. The standard InChI is InChI=1S/C12H21N5/c1-8-11(13)14-9(2)15-12(8)16-10-5-4-6-17(3)7-10/h10H,4-7H2,1-3H3,(H3,13,14,15,16). The van der Waals surface area contributed by atoms with Crippen molar-refractivity contribution < 1.29 is 0 Å². The van der Waals surface area contributed by atoms with Gasteiger partial charge in [0.05, 0.1) is 0 Å². The van der Waals surface area contributed by atoms with Gasteiger partial charge < -0.3 is 16.0 Å². The Balaban J connectivity index is 2.12. The first kappa shape index (κ1) is 12.1. The minimum absolute atomic E-state index is 0.459. The van der Waals surface area contributed by atoms with Gasteiger partial charge in [-0.15, -0.1) is 0 Å². The highest BCUT2D eigenvalue weighted by molar-refractivity contribution is 5.55. The minimum Gasteiger partial charge on any atom is -0.383 e. The van der Waals surface area contributed by atoms with Gasteiger partial charge in [-0.1, -0.05) is 0 Å². The predicted molar refractivity (Wildman–Crippen MR) is 70.1 cm³/mol. The molecule has 0 bridgehead atoms. The van der Waals surface area contributed by atoms with Gasteiger partial charge in [-0.2, -0.15) is 0 Å². The molecule has 2 heterocycles. The van der Waals surface area contributed by atoms with Gasteiger partial charge in [0.2, 0.25) is 0 Å². The molecule has 0 amide bonds. The Morgan fingerprint density at radius 2 is 2.12 bits per heavy atom. The Kier molecular flexibility index (Phi) is 3.47. The molecule has 0 saturated carbocycles. The third kappa shape index (κ3) is 2.85. The van der Waals surface area contributed by atoms with Gasteiger partial charge >= 0.3 is 0 Å². The summed E-state index contributed by atoms with van der Waals surface area (Å²) in [7, 11) is 2.15. The van der Waals surface area contributed by atoms with Gasteiger partial charge in [0.1, 0.15) is 17.5 Å². The Bertz CT molecular complexity index is 404. The van der Waals surface area contributed by atoms with E-state index in [4.69, 9.17) is 5.73 Å². The van der Waals surface area contributed by atoms with Gasteiger partial charge in [0.25, 0.3) is 0 Å². The van der Waals surface area contributed by atoms with E-state index < -0.39 is 0 Å². The molecule has 0 radical (unpaired) electrons. The zero-order valence-corrected chi connectivity index (χ0v) is 10.8. The quantitative estimate of drug-likeness (QED) is 0.805. The number of nitrogens with one attached hydrogen (secondary N) is 1. The number of hydrogen-bond acceptors (Lipinski definition) is 5. The number of likely N-dealkylation sites (N-methyl/N-ethyl adjacent to an activating group) is 1. The highest BCUT2D eigenvalue weighted by atomic mass is 15.2. The maximum atomic E-state index is 5.85. The van der Waals surface area contributed by atoms with E-state index in [1.807, 2.05) is 13.8 Å². The molecule has 17 heavy (non-hydrogen) atoms. The SMILES string of the molecule is Cc1nc(N)c(C)c(NC2CCCN(C)C2)n1. The van der Waals surface area contributed by atoms with Crippen LogP contribution < -0.4 is 11.1 Å². The van der Waals surface area contributed by atoms with Gasteiger partial charge in [0, 0.05) is 18.2 Å². The van der Waals surface area contributed by atoms with E-state index in [1.165, 1.54) is 19.4 Å². The van der Waals surface area contributed by atoms with Crippen molar-refractivity contribution in [3.63, 3.8) is 0 Å². The Morgan fingerprint density at radius 1 is 1.35 bits per heavy atom. The lowest BCUT2D eigenvalue weighted by Gasteiger charge is -2.31. The summed E-state index contributed by atoms with van der Waals surface area (Å²) in [6, 6.07) is 0.459. The second-order valence-corrected chi connectivity index (χ2v) is 4.88. The molecule has 0 spiro atoms. The first-order chi connectivity index (χ1) is 8.06. The number of likely N-dealkylation sites (tertiary alicyclic amines) is 1. The summed E-state index contributed by atoms with van der Waals surface area (Å²) in [6.07, 6.45) is 2.42. The number of nitrogens with two attached hydrogens (primary N) is 1. The van der Waals surface area contributed by atoms with E-state index in [1.54, 1.807) is 0 Å². The maximum absolute atomic E-state index is 5.85. The van der Waals surface area contributed by atoms with Crippen LogP contribution in [0.1, 0.15) is 24.2 Å². The number of nitrogens with zero attached hydrogens (tertiary/aromatic N) is 3. The summed E-state index contributed by atoms with van der Waals surface area (Å²) in [5, 5.41) is 3.49. The molecule has 3 N–H and O–H groups in total. The van der Waals surface area contributed by atoms with Crippen LogP contribution in [0.25, 0.3) is 0 Å². The van der Waals surface area contributed by atoms with Crippen LogP contribution in [0, 0.1) is 13.8 Å². The van der Waals surface area contributed by atoms with Crippen molar-refractivity contribution in [2.45, 2.75) is 32.7 Å². The molecule has 0 aliphatic carbocycles. The Morgan fingerprint density at radius 3 is 2.82 bits per heavy atom. The molecule has 94 valence electrons. The topological polar surface area (TPSA) is 67.1 Å². The number of rotatable bonds is 2. The summed E-state index contributed by atoms with van der Waals surface area (Å²) < 4.78 is 0. The second kappa shape index (κ2) is 4.87. The fourth-order valence-electron chi connectivity index (χ4n) is 2.27. The molecular weight excluding hydrogens is 214 g/mol. The molecule has 2 rings (SSSR count). The molecule has 1 unspecified atom stereocenters. The number of hydrogen-bond donors (Lipinski definition) is 2. The van der Waals surface area contributed by atoms with Crippen molar-refractivity contribution in [3.8, 4) is 0 Å². The van der Waals surface area contributed by atoms with Crippen molar-refractivity contribution in [1.82, 2.24) is 14.9 Å². The number of nitrogen functional groups attached to an aromatic ring is 1. The molecule has 1 aromatic rings. The summed E-state index contributed by atoms with van der Waals surface area (Å²) in [6.45, 7) is 6.07. The predicted octanol–water partition coefficient (Wildman–Crippen LogP) is 1.18. The molecule has 1 aliphatic heterocycles. The summed E-state index contributed by atoms with van der Waals surface area (Å²) >= 11 is 0. The highest BCUT2D eigenvalue weighted by Crippen LogP contribution is 2.20. The van der Waals surface area contributed by atoms with E-state index in [9.17, 15) is 0 Å². The van der Waals surface area contributed by atoms with Crippen LogP contribution >= 0.6 is 0 Å². The molecule has 1 fully saturated rings. The molecular formula is C12H21N5. The lowest BCUT2D eigenvalue weighted by atomic mass is 10.1. The van der Waals surface area contributed by atoms with E-state index >= 15 is 0 Å². The fourth-order valence-corrected chi connectivity index (χ4v) is 2.27. The first-order valence-electron chi connectivity index (χ1n) is 6.12. The van der Waals surface area contributed by atoms with E-state index in [0.29, 0.717) is 11.9 Å². The normalized spacial score (nSPS) is 21.5. The zero-order valence-electron chi connectivity index (χ0n) is 10.8. The summed E-state index contributed by atoms with van der Waals surface area (Å²) in [4.78, 5) is 10.9. The van der Waals surface area contributed by atoms with Crippen molar-refractivity contribution in [2.75, 3.05) is 31.2 Å². The van der Waals surface area contributed by atoms with Crippen LogP contribution in [0.15, 0.2) is 0 Å². The van der Waals surface area contributed by atoms with Gasteiger partial charge in [-0.25, -0.2) is 9.97 Å². The zero-order chi connectivity index (χ0) is 12.4. The second-order valence-electron chi connectivity index (χ2n) is 4.88. The van der Waals surface area contributed by atoms with E-state index in [-0.39, 0.29) is 0 Å². The first-order valence-corrected chi connectivity index (χ1v) is 6.12. The fraction of sp³-hybridized carbons (Fsp3) is 0.667. The lowest BCUT2D eigenvalue weighted by Crippen LogP contribution is -2.40. The lowest BCUT2D eigenvalue weighted by molar-refractivity contribution is 0.260. The van der Waals surface area contributed by atoms with Crippen molar-refractivity contribution >= 4 is 11.6 Å². The molecule has 5 heteroatoms.